The van der Waals surface area contributed by atoms with E-state index in [4.69, 9.17) is 5.73 Å². The van der Waals surface area contributed by atoms with Gasteiger partial charge in [0.05, 0.1) is 6.54 Å². The van der Waals surface area contributed by atoms with Crippen molar-refractivity contribution in [2.45, 2.75) is 32.2 Å². The molecule has 1 unspecified atom stereocenters. The molecule has 0 bridgehead atoms. The number of benzene rings is 1. The minimum Gasteiger partial charge on any atom is -0.399 e. The lowest BCUT2D eigenvalue weighted by Crippen LogP contribution is -2.36. The van der Waals surface area contributed by atoms with Crippen LogP contribution in [0, 0.1) is 0 Å². The molecule has 0 radical (unpaired) electrons. The number of nitrogens with two attached hydrogens (primary N) is 1. The van der Waals surface area contributed by atoms with Gasteiger partial charge in [-0.3, -0.25) is 9.69 Å². The number of nitrogens with zero attached hydrogens (tertiary/aromatic N) is 1. The number of likely N-dealkylation sites (N-methyl/N-ethyl adjacent to an activating group) is 1. The number of rotatable bonds is 5. The molecule has 2 rings (SSSR count). The van der Waals surface area contributed by atoms with E-state index in [1.165, 1.54) is 11.1 Å². The van der Waals surface area contributed by atoms with Gasteiger partial charge in [0.15, 0.2) is 0 Å². The number of fused-ring (bicyclic) bond motifs is 1. The second kappa shape index (κ2) is 6.06. The molecule has 1 aliphatic rings. The predicted octanol–water partition coefficient (Wildman–Crippen LogP) is 1.71. The molecular formula is C15H23N3O. The monoisotopic (exact) mass is 261 g/mol. The lowest BCUT2D eigenvalue weighted by atomic mass is 10.1. The molecule has 0 saturated carbocycles. The number of hydrogen-bond donors (Lipinski definition) is 2. The van der Waals surface area contributed by atoms with Gasteiger partial charge in [-0.25, -0.2) is 0 Å². The van der Waals surface area contributed by atoms with E-state index in [1.807, 2.05) is 13.1 Å². The highest BCUT2D eigenvalue weighted by molar-refractivity contribution is 5.78. The molecule has 0 saturated heterocycles. The predicted molar refractivity (Wildman–Crippen MR) is 77.8 cm³/mol. The van der Waals surface area contributed by atoms with Crippen LogP contribution in [-0.2, 0) is 11.2 Å². The maximum Gasteiger partial charge on any atom is 0.234 e. The summed E-state index contributed by atoms with van der Waals surface area (Å²) in [5, 5.41) is 2.92. The van der Waals surface area contributed by atoms with Gasteiger partial charge in [0.1, 0.15) is 0 Å². The van der Waals surface area contributed by atoms with Gasteiger partial charge < -0.3 is 11.1 Å². The van der Waals surface area contributed by atoms with Crippen LogP contribution in [-0.4, -0.2) is 30.9 Å². The topological polar surface area (TPSA) is 58.4 Å². The molecule has 0 fully saturated rings. The van der Waals surface area contributed by atoms with E-state index in [-0.39, 0.29) is 5.91 Å². The Labute approximate surface area is 115 Å². The molecule has 4 nitrogen and oxygen atoms in total. The average molecular weight is 261 g/mol. The van der Waals surface area contributed by atoms with Gasteiger partial charge in [-0.1, -0.05) is 13.0 Å². The molecule has 1 aliphatic carbocycles. The van der Waals surface area contributed by atoms with Gasteiger partial charge >= 0.3 is 0 Å². The van der Waals surface area contributed by atoms with Gasteiger partial charge in [0.2, 0.25) is 5.91 Å². The van der Waals surface area contributed by atoms with E-state index in [9.17, 15) is 4.79 Å². The van der Waals surface area contributed by atoms with Crippen LogP contribution in [0.25, 0.3) is 0 Å². The Balaban J connectivity index is 1.99. The number of anilines is 1. The Morgan fingerprint density at radius 1 is 1.53 bits per heavy atom. The first-order chi connectivity index (χ1) is 9.11. The van der Waals surface area contributed by atoms with Gasteiger partial charge in [-0.2, -0.15) is 0 Å². The molecular weight excluding hydrogens is 238 g/mol. The second-order valence-electron chi connectivity index (χ2n) is 5.28. The van der Waals surface area contributed by atoms with E-state index < -0.39 is 0 Å². The Bertz CT molecular complexity index is 459. The van der Waals surface area contributed by atoms with Gasteiger partial charge in [-0.15, -0.1) is 0 Å². The van der Waals surface area contributed by atoms with Crippen LogP contribution in [0.4, 0.5) is 5.69 Å². The van der Waals surface area contributed by atoms with Crippen molar-refractivity contribution in [2.24, 2.45) is 0 Å². The molecule has 0 aromatic heterocycles. The van der Waals surface area contributed by atoms with E-state index in [0.29, 0.717) is 12.6 Å². The zero-order valence-corrected chi connectivity index (χ0v) is 11.8. The van der Waals surface area contributed by atoms with E-state index in [2.05, 4.69) is 29.3 Å². The van der Waals surface area contributed by atoms with Crippen LogP contribution in [0.2, 0.25) is 0 Å². The summed E-state index contributed by atoms with van der Waals surface area (Å²) in [7, 11) is 2.02. The average Bonchev–Trinajstić information content (AvgIpc) is 2.79. The van der Waals surface area contributed by atoms with Crippen molar-refractivity contribution in [3.63, 3.8) is 0 Å². The normalized spacial score (nSPS) is 17.5. The maximum atomic E-state index is 11.8. The fourth-order valence-corrected chi connectivity index (χ4v) is 2.73. The van der Waals surface area contributed by atoms with Crippen LogP contribution < -0.4 is 11.1 Å². The highest BCUT2D eigenvalue weighted by Crippen LogP contribution is 2.35. The second-order valence-corrected chi connectivity index (χ2v) is 5.28. The first-order valence-electron chi connectivity index (χ1n) is 6.97. The number of amides is 1. The Morgan fingerprint density at radius 3 is 3.05 bits per heavy atom. The Hall–Kier alpha value is -1.55. The fraction of sp³-hybridized carbons (Fsp3) is 0.533. The zero-order chi connectivity index (χ0) is 13.8. The first kappa shape index (κ1) is 13.9. The summed E-state index contributed by atoms with van der Waals surface area (Å²) in [6.07, 6.45) is 3.09. The highest BCUT2D eigenvalue weighted by Gasteiger charge is 2.26. The SMILES string of the molecule is CCCNC(=O)CN(C)C1CCc2cc(N)ccc21. The summed E-state index contributed by atoms with van der Waals surface area (Å²) < 4.78 is 0. The maximum absolute atomic E-state index is 11.8. The molecule has 0 heterocycles. The number of nitrogens with one attached hydrogen (secondary N) is 1. The quantitative estimate of drug-likeness (QED) is 0.793. The highest BCUT2D eigenvalue weighted by atomic mass is 16.2. The lowest BCUT2D eigenvalue weighted by Gasteiger charge is -2.24. The summed E-state index contributed by atoms with van der Waals surface area (Å²) in [6.45, 7) is 3.26. The number of carbonyl (C=O) groups excluding carboxylic acids is 1. The number of nitrogen functional groups attached to an aromatic ring is 1. The van der Waals surface area contributed by atoms with Crippen molar-refractivity contribution in [3.05, 3.63) is 29.3 Å². The minimum absolute atomic E-state index is 0.105. The summed E-state index contributed by atoms with van der Waals surface area (Å²) in [5.41, 5.74) is 9.28. The first-order valence-corrected chi connectivity index (χ1v) is 6.97. The molecule has 19 heavy (non-hydrogen) atoms. The molecule has 1 aromatic carbocycles. The largest absolute Gasteiger partial charge is 0.399 e. The van der Waals surface area contributed by atoms with Crippen molar-refractivity contribution < 1.29 is 4.79 Å². The molecule has 104 valence electrons. The molecule has 1 aromatic rings. The van der Waals surface area contributed by atoms with Crippen LogP contribution in [0.1, 0.15) is 36.9 Å². The third-order valence-electron chi connectivity index (χ3n) is 3.71. The zero-order valence-electron chi connectivity index (χ0n) is 11.8. The van der Waals surface area contributed by atoms with Crippen molar-refractivity contribution in [3.8, 4) is 0 Å². The van der Waals surface area contributed by atoms with Crippen molar-refractivity contribution >= 4 is 11.6 Å². The molecule has 3 N–H and O–H groups in total. The van der Waals surface area contributed by atoms with Crippen molar-refractivity contribution in [2.75, 3.05) is 25.9 Å². The molecule has 1 amide bonds. The summed E-state index contributed by atoms with van der Waals surface area (Å²) in [4.78, 5) is 13.9. The van der Waals surface area contributed by atoms with Gasteiger partial charge in [0, 0.05) is 18.3 Å². The van der Waals surface area contributed by atoms with Crippen LogP contribution >= 0.6 is 0 Å². The third-order valence-corrected chi connectivity index (χ3v) is 3.71. The lowest BCUT2D eigenvalue weighted by molar-refractivity contribution is -0.122. The van der Waals surface area contributed by atoms with Gasteiger partial charge in [-0.05, 0) is 49.6 Å². The van der Waals surface area contributed by atoms with Crippen LogP contribution in [0.5, 0.6) is 0 Å². The summed E-state index contributed by atoms with van der Waals surface area (Å²) >= 11 is 0. The number of carbonyl (C=O) groups is 1. The molecule has 4 heteroatoms. The smallest absolute Gasteiger partial charge is 0.234 e. The molecule has 0 aliphatic heterocycles. The number of hydrogen-bond acceptors (Lipinski definition) is 3. The third kappa shape index (κ3) is 3.26. The summed E-state index contributed by atoms with van der Waals surface area (Å²) in [6, 6.07) is 6.44. The number of aryl methyl sites for hydroxylation is 1. The van der Waals surface area contributed by atoms with E-state index >= 15 is 0 Å². The van der Waals surface area contributed by atoms with E-state index in [0.717, 1.165) is 31.5 Å². The van der Waals surface area contributed by atoms with Crippen LogP contribution in [0.15, 0.2) is 18.2 Å². The van der Waals surface area contributed by atoms with E-state index in [1.54, 1.807) is 0 Å². The van der Waals surface area contributed by atoms with Crippen LogP contribution in [0.3, 0.4) is 0 Å². The molecule has 1 atom stereocenters. The molecule has 0 spiro atoms. The standard InChI is InChI=1S/C15H23N3O/c1-3-8-17-15(19)10-18(2)14-7-4-11-9-12(16)5-6-13(11)14/h5-6,9,14H,3-4,7-8,10,16H2,1-2H3,(H,17,19). The van der Waals surface area contributed by atoms with Gasteiger partial charge in [0.25, 0.3) is 0 Å². The Morgan fingerprint density at radius 2 is 2.32 bits per heavy atom. The van der Waals surface area contributed by atoms with Crippen molar-refractivity contribution in [1.82, 2.24) is 10.2 Å². The summed E-state index contributed by atoms with van der Waals surface area (Å²) in [5.74, 6) is 0.105. The fourth-order valence-electron chi connectivity index (χ4n) is 2.73. The van der Waals surface area contributed by atoms with Crippen molar-refractivity contribution in [1.29, 1.82) is 0 Å². The minimum atomic E-state index is 0.105. The Kier molecular flexibility index (Phi) is 4.43.